The lowest BCUT2D eigenvalue weighted by Gasteiger charge is -2.40. The maximum absolute atomic E-state index is 12.7. The number of para-hydroxylation sites is 1. The quantitative estimate of drug-likeness (QED) is 0.538. The zero-order valence-corrected chi connectivity index (χ0v) is 20.4. The fraction of sp³-hybridized carbons (Fsp3) is 0.321. The minimum atomic E-state index is -0.177. The first-order valence-electron chi connectivity index (χ1n) is 11.9. The van der Waals surface area contributed by atoms with Gasteiger partial charge in [-0.15, -0.1) is 0 Å². The molecule has 1 aliphatic rings. The van der Waals surface area contributed by atoms with E-state index in [0.29, 0.717) is 6.54 Å². The van der Waals surface area contributed by atoms with Gasteiger partial charge in [0.05, 0.1) is 6.04 Å². The summed E-state index contributed by atoms with van der Waals surface area (Å²) in [5.41, 5.74) is 5.58. The Kier molecular flexibility index (Phi) is 7.70. The van der Waals surface area contributed by atoms with Gasteiger partial charge in [0.1, 0.15) is 0 Å². The van der Waals surface area contributed by atoms with Gasteiger partial charge in [0.2, 0.25) is 0 Å². The number of amides is 2. The van der Waals surface area contributed by atoms with Gasteiger partial charge in [0.25, 0.3) is 0 Å². The average Bonchev–Trinajstić information content (AvgIpc) is 2.85. The highest BCUT2D eigenvalue weighted by atomic mass is 16.2. The molecule has 3 aromatic rings. The molecule has 178 valence electrons. The van der Waals surface area contributed by atoms with Gasteiger partial charge in [-0.3, -0.25) is 4.90 Å². The van der Waals surface area contributed by atoms with Crippen molar-refractivity contribution in [3.8, 4) is 0 Å². The Hall–Kier alpha value is -3.51. The third kappa shape index (κ3) is 6.08. The molecular weight excluding hydrogens is 422 g/mol. The van der Waals surface area contributed by atoms with Crippen molar-refractivity contribution in [1.29, 1.82) is 0 Å². The molecule has 4 rings (SSSR count). The van der Waals surface area contributed by atoms with Gasteiger partial charge in [0.15, 0.2) is 0 Å². The van der Waals surface area contributed by atoms with Crippen LogP contribution in [-0.4, -0.2) is 57.8 Å². The lowest BCUT2D eigenvalue weighted by molar-refractivity contribution is 0.182. The van der Waals surface area contributed by atoms with E-state index in [4.69, 9.17) is 0 Å². The number of benzene rings is 3. The van der Waals surface area contributed by atoms with E-state index in [1.165, 1.54) is 16.9 Å². The monoisotopic (exact) mass is 457 g/mol. The minimum Gasteiger partial charge on any atom is -0.378 e. The maximum Gasteiger partial charge on any atom is 0.319 e. The number of aryl methyl sites for hydroxylation is 1. The Labute approximate surface area is 203 Å². The van der Waals surface area contributed by atoms with Crippen molar-refractivity contribution in [3.05, 3.63) is 90.0 Å². The summed E-state index contributed by atoms with van der Waals surface area (Å²) in [5, 5.41) is 6.07. The van der Waals surface area contributed by atoms with Crippen LogP contribution in [0.15, 0.2) is 78.9 Å². The fourth-order valence-corrected chi connectivity index (χ4v) is 4.47. The van der Waals surface area contributed by atoms with Gasteiger partial charge >= 0.3 is 6.03 Å². The smallest absolute Gasteiger partial charge is 0.319 e. The van der Waals surface area contributed by atoms with Crippen molar-refractivity contribution in [2.45, 2.75) is 13.0 Å². The number of hydrogen-bond donors (Lipinski definition) is 2. The summed E-state index contributed by atoms with van der Waals surface area (Å²) < 4.78 is 0. The molecule has 0 aromatic heterocycles. The van der Waals surface area contributed by atoms with Gasteiger partial charge in [-0.2, -0.15) is 0 Å². The fourth-order valence-electron chi connectivity index (χ4n) is 4.47. The van der Waals surface area contributed by atoms with Gasteiger partial charge in [-0.25, -0.2) is 4.79 Å². The van der Waals surface area contributed by atoms with Crippen LogP contribution in [0.1, 0.15) is 17.2 Å². The normalized spacial score (nSPS) is 15.0. The summed E-state index contributed by atoms with van der Waals surface area (Å²) in [6, 6.07) is 27.0. The highest BCUT2D eigenvalue weighted by molar-refractivity contribution is 5.89. The average molecular weight is 458 g/mol. The summed E-state index contributed by atoms with van der Waals surface area (Å²) in [5.74, 6) is 0. The number of hydrogen-bond acceptors (Lipinski definition) is 4. The molecule has 34 heavy (non-hydrogen) atoms. The van der Waals surface area contributed by atoms with E-state index < -0.39 is 0 Å². The summed E-state index contributed by atoms with van der Waals surface area (Å²) in [4.78, 5) is 19.7. The summed E-state index contributed by atoms with van der Waals surface area (Å²) in [7, 11) is 4.10. The van der Waals surface area contributed by atoms with Crippen molar-refractivity contribution in [2.75, 3.05) is 61.9 Å². The van der Waals surface area contributed by atoms with Gasteiger partial charge < -0.3 is 20.4 Å². The Morgan fingerprint density at radius 3 is 2.26 bits per heavy atom. The number of nitrogens with zero attached hydrogens (tertiary/aromatic N) is 3. The molecule has 1 unspecified atom stereocenters. The van der Waals surface area contributed by atoms with Gasteiger partial charge in [-0.1, -0.05) is 42.5 Å². The summed E-state index contributed by atoms with van der Waals surface area (Å²) >= 11 is 0. The number of carbonyl (C=O) groups is 1. The van der Waals surface area contributed by atoms with Crippen LogP contribution in [0.5, 0.6) is 0 Å². The predicted octanol–water partition coefficient (Wildman–Crippen LogP) is 4.75. The molecule has 3 aromatic carbocycles. The van der Waals surface area contributed by atoms with Crippen molar-refractivity contribution in [1.82, 2.24) is 10.2 Å². The molecule has 0 aliphatic carbocycles. The molecule has 0 spiro atoms. The van der Waals surface area contributed by atoms with E-state index in [-0.39, 0.29) is 12.1 Å². The molecular formula is C28H35N5O. The number of anilines is 3. The number of urea groups is 1. The third-order valence-electron chi connectivity index (χ3n) is 6.40. The summed E-state index contributed by atoms with van der Waals surface area (Å²) in [6.07, 6.45) is 0. The van der Waals surface area contributed by atoms with Gasteiger partial charge in [-0.05, 0) is 54.4 Å². The second kappa shape index (κ2) is 11.1. The first kappa shape index (κ1) is 23.6. The zero-order valence-electron chi connectivity index (χ0n) is 20.4. The van der Waals surface area contributed by atoms with E-state index in [1.54, 1.807) is 0 Å². The van der Waals surface area contributed by atoms with E-state index in [2.05, 4.69) is 79.9 Å². The predicted molar refractivity (Wildman–Crippen MR) is 142 cm³/mol. The molecule has 1 heterocycles. The van der Waals surface area contributed by atoms with Crippen molar-refractivity contribution < 1.29 is 4.79 Å². The van der Waals surface area contributed by atoms with Crippen LogP contribution < -0.4 is 20.4 Å². The first-order valence-corrected chi connectivity index (χ1v) is 11.9. The van der Waals surface area contributed by atoms with E-state index in [0.717, 1.165) is 37.4 Å². The van der Waals surface area contributed by atoms with E-state index in [1.807, 2.05) is 45.3 Å². The van der Waals surface area contributed by atoms with Crippen LogP contribution in [0.25, 0.3) is 0 Å². The van der Waals surface area contributed by atoms with E-state index in [9.17, 15) is 4.79 Å². The zero-order chi connectivity index (χ0) is 23.9. The molecule has 2 N–H and O–H groups in total. The molecule has 0 saturated carbocycles. The highest BCUT2D eigenvalue weighted by Gasteiger charge is 2.26. The van der Waals surface area contributed by atoms with E-state index >= 15 is 0 Å². The molecule has 6 nitrogen and oxygen atoms in total. The first-order chi connectivity index (χ1) is 16.5. The Morgan fingerprint density at radius 2 is 1.62 bits per heavy atom. The van der Waals surface area contributed by atoms with Crippen LogP contribution in [0.3, 0.4) is 0 Å². The van der Waals surface area contributed by atoms with Crippen LogP contribution in [0.4, 0.5) is 21.9 Å². The number of nitrogens with one attached hydrogen (secondary N) is 2. The Bertz CT molecular complexity index is 1060. The third-order valence-corrected chi connectivity index (χ3v) is 6.40. The summed E-state index contributed by atoms with van der Waals surface area (Å²) in [6.45, 7) is 6.37. The molecule has 1 aliphatic heterocycles. The minimum absolute atomic E-state index is 0.109. The van der Waals surface area contributed by atoms with Crippen LogP contribution in [-0.2, 0) is 0 Å². The Balaban J connectivity index is 1.44. The standard InChI is InChI=1S/C28H35N5O/c1-22-8-7-9-24(20-22)30-28(34)29-21-27(23-12-14-25(15-13-23)31(2)3)33-18-16-32(17-19-33)26-10-5-4-6-11-26/h4-15,20,27H,16-19,21H2,1-3H3,(H2,29,30,34). The number of carbonyl (C=O) groups excluding carboxylic acids is 1. The largest absolute Gasteiger partial charge is 0.378 e. The van der Waals surface area contributed by atoms with Crippen molar-refractivity contribution in [3.63, 3.8) is 0 Å². The molecule has 1 atom stereocenters. The molecule has 6 heteroatoms. The molecule has 2 amide bonds. The molecule has 1 fully saturated rings. The van der Waals surface area contributed by atoms with Crippen LogP contribution in [0.2, 0.25) is 0 Å². The number of rotatable bonds is 7. The Morgan fingerprint density at radius 1 is 0.912 bits per heavy atom. The second-order valence-electron chi connectivity index (χ2n) is 9.06. The van der Waals surface area contributed by atoms with Gasteiger partial charge in [0, 0.05) is 63.9 Å². The van der Waals surface area contributed by atoms with Crippen molar-refractivity contribution >= 4 is 23.1 Å². The molecule has 0 radical (unpaired) electrons. The van der Waals surface area contributed by atoms with Crippen LogP contribution in [0, 0.1) is 6.92 Å². The second-order valence-corrected chi connectivity index (χ2v) is 9.06. The lowest BCUT2D eigenvalue weighted by Crippen LogP contribution is -2.50. The van der Waals surface area contributed by atoms with Crippen LogP contribution >= 0.6 is 0 Å². The van der Waals surface area contributed by atoms with Crippen molar-refractivity contribution in [2.24, 2.45) is 0 Å². The SMILES string of the molecule is Cc1cccc(NC(=O)NCC(c2ccc(N(C)C)cc2)N2CCN(c3ccccc3)CC2)c1. The maximum atomic E-state index is 12.7. The molecule has 0 bridgehead atoms. The lowest BCUT2D eigenvalue weighted by atomic mass is 10.0. The highest BCUT2D eigenvalue weighted by Crippen LogP contribution is 2.26. The molecule has 1 saturated heterocycles. The topological polar surface area (TPSA) is 50.9 Å². The number of piperazine rings is 1.